The molecule has 0 radical (unpaired) electrons. The zero-order valence-electron chi connectivity index (χ0n) is 24.4. The smallest absolute Gasteiger partial charge is 0.304 e. The van der Waals surface area contributed by atoms with Gasteiger partial charge in [0.25, 0.3) is 0 Å². The van der Waals surface area contributed by atoms with Gasteiger partial charge in [-0.2, -0.15) is 4.39 Å². The van der Waals surface area contributed by atoms with Crippen LogP contribution in [0.4, 0.5) is 19.7 Å². The maximum atomic E-state index is 15.9. The first-order valence-corrected chi connectivity index (χ1v) is 15.4. The average molecular weight is 633 g/mol. The number of amides is 2. The van der Waals surface area contributed by atoms with E-state index in [1.165, 1.54) is 15.9 Å². The van der Waals surface area contributed by atoms with Crippen molar-refractivity contribution in [3.63, 3.8) is 0 Å². The van der Waals surface area contributed by atoms with Crippen molar-refractivity contribution in [1.29, 1.82) is 0 Å². The number of ether oxygens (including phenoxy) is 1. The highest BCUT2D eigenvalue weighted by Gasteiger charge is 2.40. The van der Waals surface area contributed by atoms with Gasteiger partial charge in [0.15, 0.2) is 5.13 Å². The number of carboxylic acid groups (broad SMARTS) is 1. The monoisotopic (exact) mass is 632 g/mol. The zero-order valence-corrected chi connectivity index (χ0v) is 25.2. The summed E-state index contributed by atoms with van der Waals surface area (Å²) in [6.45, 7) is -1.08. The molecule has 12 heteroatoms. The summed E-state index contributed by atoms with van der Waals surface area (Å²) in [5.74, 6) is -1.70. The molecule has 2 aromatic heterocycles. The number of hydrogen-bond acceptors (Lipinski definition) is 7. The zero-order chi connectivity index (χ0) is 31.7. The Balaban J connectivity index is 1.39. The number of carbonyl (C=O) groups is 3. The number of alkyl halides is 1. The molecule has 2 amide bonds. The molecule has 1 aliphatic heterocycles. The predicted octanol–water partition coefficient (Wildman–Crippen LogP) is 6.06. The lowest BCUT2D eigenvalue weighted by molar-refractivity contribution is -0.140. The van der Waals surface area contributed by atoms with E-state index in [1.54, 1.807) is 25.4 Å². The van der Waals surface area contributed by atoms with Gasteiger partial charge in [-0.25, -0.2) is 14.4 Å². The predicted molar refractivity (Wildman–Crippen MR) is 165 cm³/mol. The minimum absolute atomic E-state index is 0.0302. The van der Waals surface area contributed by atoms with Gasteiger partial charge in [0.05, 0.1) is 12.3 Å². The fourth-order valence-electron chi connectivity index (χ4n) is 5.66. The van der Waals surface area contributed by atoms with Gasteiger partial charge in [0.1, 0.15) is 17.3 Å². The fourth-order valence-corrected chi connectivity index (χ4v) is 6.55. The van der Waals surface area contributed by atoms with Gasteiger partial charge < -0.3 is 9.84 Å². The first-order valence-electron chi connectivity index (χ1n) is 14.6. The number of anilines is 2. The molecular weight excluding hydrogens is 602 g/mol. The number of fused-ring (bicyclic) bond motifs is 1. The Morgan fingerprint density at radius 2 is 1.91 bits per heavy atom. The number of halogens is 2. The largest absolute Gasteiger partial charge is 0.481 e. The van der Waals surface area contributed by atoms with Crippen LogP contribution in [0.1, 0.15) is 36.8 Å². The first kappa shape index (κ1) is 30.3. The molecule has 1 fully saturated rings. The number of aliphatic carboxylic acids is 1. The van der Waals surface area contributed by atoms with Crippen molar-refractivity contribution in [2.75, 3.05) is 23.7 Å². The maximum Gasteiger partial charge on any atom is 0.304 e. The molecule has 1 aliphatic carbocycles. The Bertz CT molecular complexity index is 1760. The van der Waals surface area contributed by atoms with Crippen LogP contribution in [0.3, 0.4) is 0 Å². The number of carbonyl (C=O) groups excluding carboxylic acids is 2. The number of aryl methyl sites for hydroxylation is 1. The Kier molecular flexibility index (Phi) is 8.57. The summed E-state index contributed by atoms with van der Waals surface area (Å²) in [4.78, 5) is 49.9. The molecule has 1 atom stereocenters. The number of rotatable bonds is 11. The molecule has 0 bridgehead atoms. The van der Waals surface area contributed by atoms with Gasteiger partial charge in [-0.1, -0.05) is 41.7 Å². The van der Waals surface area contributed by atoms with Gasteiger partial charge in [-0.3, -0.25) is 24.2 Å². The van der Waals surface area contributed by atoms with Crippen LogP contribution in [0.25, 0.3) is 22.4 Å². The van der Waals surface area contributed by atoms with E-state index in [9.17, 15) is 23.9 Å². The summed E-state index contributed by atoms with van der Waals surface area (Å²) >= 11 is 0.708. The van der Waals surface area contributed by atoms with Crippen molar-refractivity contribution in [3.05, 3.63) is 77.1 Å². The van der Waals surface area contributed by atoms with Gasteiger partial charge in [-0.15, -0.1) is 0 Å². The topological polar surface area (TPSA) is 113 Å². The SMILES string of the molecule is CN1C(=O)CCc2cc(-c3ccc(OCF)cc3-c3nc(N(C(=O)C(CC(=O)O)Cc4ccccc4)C4CC4)sc3F)cnc21. The lowest BCUT2D eigenvalue weighted by Gasteiger charge is -2.25. The summed E-state index contributed by atoms with van der Waals surface area (Å²) in [6.07, 6.45) is 3.66. The van der Waals surface area contributed by atoms with E-state index in [4.69, 9.17) is 4.74 Å². The average Bonchev–Trinajstić information content (AvgIpc) is 3.79. The maximum absolute atomic E-state index is 15.9. The number of benzene rings is 2. The molecule has 6 rings (SSSR count). The van der Waals surface area contributed by atoms with E-state index in [-0.39, 0.29) is 41.4 Å². The lowest BCUT2D eigenvalue weighted by Crippen LogP contribution is -2.39. The van der Waals surface area contributed by atoms with Crippen molar-refractivity contribution >= 4 is 40.1 Å². The molecule has 9 nitrogen and oxygen atoms in total. The number of nitrogens with zero attached hydrogens (tertiary/aromatic N) is 4. The van der Waals surface area contributed by atoms with Crippen LogP contribution in [-0.4, -0.2) is 52.8 Å². The van der Waals surface area contributed by atoms with Crippen molar-refractivity contribution in [2.24, 2.45) is 5.92 Å². The second-order valence-electron chi connectivity index (χ2n) is 11.2. The van der Waals surface area contributed by atoms with Crippen molar-refractivity contribution < 1.29 is 33.0 Å². The summed E-state index contributed by atoms with van der Waals surface area (Å²) in [6, 6.07) is 15.6. The fraction of sp³-hybridized carbons (Fsp3) is 0.303. The molecule has 1 saturated carbocycles. The van der Waals surface area contributed by atoms with Crippen molar-refractivity contribution in [2.45, 2.75) is 44.6 Å². The first-order chi connectivity index (χ1) is 21.7. The molecule has 45 heavy (non-hydrogen) atoms. The van der Waals surface area contributed by atoms with E-state index in [0.29, 0.717) is 59.5 Å². The van der Waals surface area contributed by atoms with Gasteiger partial charge in [-0.05, 0) is 66.6 Å². The minimum Gasteiger partial charge on any atom is -0.481 e. The number of carboxylic acids is 1. The molecule has 4 aromatic rings. The van der Waals surface area contributed by atoms with Crippen LogP contribution < -0.4 is 14.5 Å². The van der Waals surface area contributed by atoms with Crippen LogP contribution in [0.5, 0.6) is 5.75 Å². The molecule has 3 heterocycles. The second kappa shape index (κ2) is 12.7. The number of thiazole rings is 1. The van der Waals surface area contributed by atoms with Gasteiger partial charge in [0.2, 0.25) is 23.8 Å². The highest BCUT2D eigenvalue weighted by atomic mass is 32.1. The van der Waals surface area contributed by atoms with E-state index in [0.717, 1.165) is 11.1 Å². The molecule has 232 valence electrons. The van der Waals surface area contributed by atoms with Crippen molar-refractivity contribution in [1.82, 2.24) is 9.97 Å². The third-order valence-electron chi connectivity index (χ3n) is 8.05. The van der Waals surface area contributed by atoms with E-state index in [1.807, 2.05) is 36.4 Å². The molecule has 2 aromatic carbocycles. The standard InChI is InChI=1S/C33H30F2N4O5S/c1-38-27(40)12-7-20-14-22(17-36-31(20)38)25-11-10-24(44-18-34)16-26(25)29-30(35)45-33(37-29)39(23-8-9-23)32(43)21(15-28(41)42)13-19-5-3-2-4-6-19/h2-6,10-11,14,16-17,21,23H,7-9,12-13,15,18H2,1H3,(H,41,42). The third kappa shape index (κ3) is 6.41. The van der Waals surface area contributed by atoms with Crippen molar-refractivity contribution in [3.8, 4) is 28.1 Å². The van der Waals surface area contributed by atoms with Crippen LogP contribution in [-0.2, 0) is 27.2 Å². The summed E-state index contributed by atoms with van der Waals surface area (Å²) in [5, 5.41) is 9.09. The molecule has 1 unspecified atom stereocenters. The van der Waals surface area contributed by atoms with E-state index in [2.05, 4.69) is 9.97 Å². The van der Waals surface area contributed by atoms with Crippen LogP contribution >= 0.6 is 11.3 Å². The highest BCUT2D eigenvalue weighted by Crippen LogP contribution is 2.43. The number of pyridine rings is 1. The Morgan fingerprint density at radius 1 is 1.13 bits per heavy atom. The normalized spacial score (nSPS) is 15.0. The van der Waals surface area contributed by atoms with E-state index >= 15 is 4.39 Å². The Morgan fingerprint density at radius 3 is 2.62 bits per heavy atom. The Hall–Kier alpha value is -4.71. The molecular formula is C33H30F2N4O5S. The number of hydrogen-bond donors (Lipinski definition) is 1. The Labute approximate surface area is 262 Å². The molecule has 0 saturated heterocycles. The molecule has 1 N–H and O–H groups in total. The number of aromatic nitrogens is 2. The molecule has 2 aliphatic rings. The molecule has 0 spiro atoms. The lowest BCUT2D eigenvalue weighted by atomic mass is 9.94. The van der Waals surface area contributed by atoms with Crippen LogP contribution in [0.15, 0.2) is 60.8 Å². The highest BCUT2D eigenvalue weighted by molar-refractivity contribution is 7.14. The summed E-state index contributed by atoms with van der Waals surface area (Å²) in [7, 11) is 1.67. The minimum atomic E-state index is -1.10. The van der Waals surface area contributed by atoms with Crippen LogP contribution in [0.2, 0.25) is 0 Å². The van der Waals surface area contributed by atoms with E-state index < -0.39 is 29.8 Å². The third-order valence-corrected chi connectivity index (χ3v) is 8.89. The van der Waals surface area contributed by atoms with Crippen LogP contribution in [0, 0.1) is 11.0 Å². The van der Waals surface area contributed by atoms with Gasteiger partial charge in [0, 0.05) is 36.8 Å². The quantitative estimate of drug-likeness (QED) is 0.214. The summed E-state index contributed by atoms with van der Waals surface area (Å²) < 4.78 is 34.1. The van der Waals surface area contributed by atoms with Gasteiger partial charge >= 0.3 is 5.97 Å². The second-order valence-corrected chi connectivity index (χ2v) is 12.1. The summed E-state index contributed by atoms with van der Waals surface area (Å²) in [5.41, 5.74) is 3.16.